The first-order valence-corrected chi connectivity index (χ1v) is 32.2. The fourth-order valence-corrected chi connectivity index (χ4v) is 10.1. The Morgan fingerprint density at radius 1 is 0.418 bits per heavy atom. The number of aliphatic hydroxyl groups excluding tert-OH is 7. The van der Waals surface area contributed by atoms with E-state index in [9.17, 15) is 40.5 Å². The van der Waals surface area contributed by atoms with Crippen molar-refractivity contribution >= 4 is 5.97 Å². The summed E-state index contributed by atoms with van der Waals surface area (Å²) in [4.78, 5) is 13.1. The Balaban J connectivity index is 1.67. The molecular weight excluding hydrogens is 1000 g/mol. The van der Waals surface area contributed by atoms with Crippen molar-refractivity contribution in [2.45, 2.75) is 325 Å². The molecule has 11 unspecified atom stereocenters. The van der Waals surface area contributed by atoms with E-state index < -0.39 is 80.7 Å². The molecule has 2 heterocycles. The first kappa shape index (κ1) is 73.1. The van der Waals surface area contributed by atoms with E-state index in [4.69, 9.17) is 28.4 Å². The molecule has 0 bridgehead atoms. The average molecular weight is 1120 g/mol. The molecule has 0 aromatic rings. The predicted molar refractivity (Wildman–Crippen MR) is 316 cm³/mol. The molecule has 7 N–H and O–H groups in total. The van der Waals surface area contributed by atoms with Crippen LogP contribution in [0.15, 0.2) is 48.6 Å². The Morgan fingerprint density at radius 3 is 1.24 bits per heavy atom. The summed E-state index contributed by atoms with van der Waals surface area (Å²) in [6, 6.07) is 0. The zero-order valence-electron chi connectivity index (χ0n) is 49.9. The Kier molecular flexibility index (Phi) is 47.7. The topological polar surface area (TPSA) is 214 Å². The Hall–Kier alpha value is -2.05. The fraction of sp³-hybridized carbons (Fsp3) is 0.862. The van der Waals surface area contributed by atoms with E-state index in [1.807, 2.05) is 0 Å². The van der Waals surface area contributed by atoms with Gasteiger partial charge in [0.15, 0.2) is 12.6 Å². The molecular formula is C65H118O14. The van der Waals surface area contributed by atoms with E-state index in [0.29, 0.717) is 13.0 Å². The van der Waals surface area contributed by atoms with Crippen molar-refractivity contribution in [1.29, 1.82) is 0 Å². The predicted octanol–water partition coefficient (Wildman–Crippen LogP) is 12.6. The van der Waals surface area contributed by atoms with Gasteiger partial charge in [0.25, 0.3) is 0 Å². The number of hydrogen-bond donors (Lipinski definition) is 7. The summed E-state index contributed by atoms with van der Waals surface area (Å²) >= 11 is 0. The summed E-state index contributed by atoms with van der Waals surface area (Å²) in [6.45, 7) is 3.70. The van der Waals surface area contributed by atoms with Crippen LogP contribution in [0.4, 0.5) is 0 Å². The average Bonchev–Trinajstić information content (AvgIpc) is 3.46. The zero-order valence-corrected chi connectivity index (χ0v) is 49.9. The van der Waals surface area contributed by atoms with Crippen LogP contribution < -0.4 is 0 Å². The molecule has 0 aromatic heterocycles. The van der Waals surface area contributed by atoms with E-state index in [0.717, 1.165) is 51.4 Å². The second-order valence-electron chi connectivity index (χ2n) is 22.6. The lowest BCUT2D eigenvalue weighted by atomic mass is 9.98. The molecule has 2 saturated heterocycles. The number of allylic oxidation sites excluding steroid dienone is 8. The summed E-state index contributed by atoms with van der Waals surface area (Å²) in [7, 11) is 0. The first-order valence-electron chi connectivity index (χ1n) is 32.2. The van der Waals surface area contributed by atoms with Gasteiger partial charge >= 0.3 is 5.97 Å². The van der Waals surface area contributed by atoms with E-state index in [1.165, 1.54) is 180 Å². The van der Waals surface area contributed by atoms with Crippen LogP contribution in [-0.4, -0.2) is 142 Å². The van der Waals surface area contributed by atoms with Gasteiger partial charge in [-0.1, -0.05) is 223 Å². The van der Waals surface area contributed by atoms with Crippen LogP contribution in [0.1, 0.15) is 258 Å². The van der Waals surface area contributed by atoms with Gasteiger partial charge < -0.3 is 64.2 Å². The van der Waals surface area contributed by atoms with Crippen LogP contribution >= 0.6 is 0 Å². The summed E-state index contributed by atoms with van der Waals surface area (Å²) in [5.74, 6) is -0.377. The van der Waals surface area contributed by atoms with Crippen molar-refractivity contribution in [2.24, 2.45) is 0 Å². The lowest BCUT2D eigenvalue weighted by Gasteiger charge is -2.42. The molecule has 2 aliphatic rings. The Morgan fingerprint density at radius 2 is 0.785 bits per heavy atom. The van der Waals surface area contributed by atoms with Crippen molar-refractivity contribution in [2.75, 3.05) is 33.0 Å². The van der Waals surface area contributed by atoms with Gasteiger partial charge in [-0.15, -0.1) is 0 Å². The van der Waals surface area contributed by atoms with Gasteiger partial charge in [0.2, 0.25) is 0 Å². The third kappa shape index (κ3) is 37.7. The third-order valence-corrected chi connectivity index (χ3v) is 15.3. The van der Waals surface area contributed by atoms with E-state index in [1.54, 1.807) is 0 Å². The number of unbranched alkanes of at least 4 members (excludes halogenated alkanes) is 31. The number of rotatable bonds is 53. The molecule has 0 aromatic carbocycles. The van der Waals surface area contributed by atoms with Crippen LogP contribution in [0, 0.1) is 0 Å². The lowest BCUT2D eigenvalue weighted by molar-refractivity contribution is -0.332. The highest BCUT2D eigenvalue weighted by Crippen LogP contribution is 2.27. The summed E-state index contributed by atoms with van der Waals surface area (Å²) in [5, 5.41) is 72.5. The smallest absolute Gasteiger partial charge is 0.306 e. The lowest BCUT2D eigenvalue weighted by Crippen LogP contribution is -2.61. The van der Waals surface area contributed by atoms with Gasteiger partial charge in [0, 0.05) is 13.0 Å². The summed E-state index contributed by atoms with van der Waals surface area (Å²) in [5.41, 5.74) is 0. The molecule has 14 nitrogen and oxygen atoms in total. The van der Waals surface area contributed by atoms with Crippen molar-refractivity contribution < 1.29 is 69.0 Å². The van der Waals surface area contributed by atoms with Crippen LogP contribution in [0.2, 0.25) is 0 Å². The number of esters is 1. The van der Waals surface area contributed by atoms with Gasteiger partial charge in [-0.3, -0.25) is 4.79 Å². The molecule has 2 fully saturated rings. The molecule has 0 saturated carbocycles. The number of hydrogen-bond acceptors (Lipinski definition) is 14. The molecule has 0 spiro atoms. The maximum Gasteiger partial charge on any atom is 0.306 e. The zero-order chi connectivity index (χ0) is 57.2. The summed E-state index contributed by atoms with van der Waals surface area (Å²) in [6.07, 6.45) is 47.4. The molecule has 0 aliphatic carbocycles. The van der Waals surface area contributed by atoms with Gasteiger partial charge in [0.05, 0.1) is 26.4 Å². The van der Waals surface area contributed by atoms with Crippen molar-refractivity contribution in [3.63, 3.8) is 0 Å². The molecule has 14 heteroatoms. The van der Waals surface area contributed by atoms with Crippen LogP contribution in [0.25, 0.3) is 0 Å². The highest BCUT2D eigenvalue weighted by Gasteiger charge is 2.47. The quantitative estimate of drug-likeness (QED) is 0.0172. The minimum atomic E-state index is -1.71. The molecule has 79 heavy (non-hydrogen) atoms. The maximum absolute atomic E-state index is 13.1. The molecule has 0 amide bonds. The molecule has 2 aliphatic heterocycles. The van der Waals surface area contributed by atoms with E-state index in [-0.39, 0.29) is 25.6 Å². The number of ether oxygens (including phenoxy) is 6. The van der Waals surface area contributed by atoms with Crippen LogP contribution in [0.3, 0.4) is 0 Å². The minimum Gasteiger partial charge on any atom is -0.457 e. The van der Waals surface area contributed by atoms with Crippen molar-refractivity contribution in [3.8, 4) is 0 Å². The van der Waals surface area contributed by atoms with E-state index in [2.05, 4.69) is 62.5 Å². The highest BCUT2D eigenvalue weighted by atomic mass is 16.7. The van der Waals surface area contributed by atoms with Gasteiger partial charge in [-0.05, 0) is 77.0 Å². The third-order valence-electron chi connectivity index (χ3n) is 15.3. The molecule has 462 valence electrons. The fourth-order valence-electron chi connectivity index (χ4n) is 10.1. The molecule has 2 rings (SSSR count). The summed E-state index contributed by atoms with van der Waals surface area (Å²) < 4.78 is 34.5. The second-order valence-corrected chi connectivity index (χ2v) is 22.6. The van der Waals surface area contributed by atoms with Crippen molar-refractivity contribution in [3.05, 3.63) is 48.6 Å². The van der Waals surface area contributed by atoms with Crippen LogP contribution in [-0.2, 0) is 33.2 Å². The van der Waals surface area contributed by atoms with E-state index >= 15 is 0 Å². The first-order chi connectivity index (χ1) is 38.6. The molecule has 11 atom stereocenters. The van der Waals surface area contributed by atoms with Gasteiger partial charge in [-0.2, -0.15) is 0 Å². The normalized spacial score (nSPS) is 24.3. The number of aliphatic hydroxyl groups is 7. The number of carbonyl (C=O) groups is 1. The largest absolute Gasteiger partial charge is 0.457 e. The maximum atomic E-state index is 13.1. The van der Waals surface area contributed by atoms with Gasteiger partial charge in [0.1, 0.15) is 54.9 Å². The molecule has 0 radical (unpaired) electrons. The van der Waals surface area contributed by atoms with Crippen molar-refractivity contribution in [1.82, 2.24) is 0 Å². The Bertz CT molecular complexity index is 1490. The minimum absolute atomic E-state index is 0.0595. The monoisotopic (exact) mass is 1120 g/mol. The Labute approximate surface area is 480 Å². The standard InChI is InChI=1S/C65H118O14/c1-3-5-7-9-11-13-15-17-19-21-23-24-25-26-27-28-29-31-33-35-37-39-41-43-45-47-49-74-51-54(77-57(67)48-46-44-42-40-38-36-34-32-30-22-20-18-16-14-12-10-8-6-4-2)52-75-64-63(73)61(71)59(69)56(79-64)53-76-65-62(72)60(70)58(68)55(50-66)78-65/h15,17-18,20-21,23,25-26,54-56,58-66,68-73H,3-14,16,19,22,24,27-53H2,1-2H3/b17-15-,20-18-,23-21-,26-25-. The van der Waals surface area contributed by atoms with Gasteiger partial charge in [-0.25, -0.2) is 0 Å². The SMILES string of the molecule is CCCCCCC/C=C\C/C=C\C/C=C\CCCCCCCCCCCCCOCC(COC1OC(COC2OC(CO)C(O)C(O)C2O)C(O)C(O)C1O)OC(=O)CCCCCCCCCCC/C=C\CCCCCCCC. The number of carbonyl (C=O) groups excluding carboxylic acids is 1. The van der Waals surface area contributed by atoms with Crippen LogP contribution in [0.5, 0.6) is 0 Å². The second kappa shape index (κ2) is 51.6. The highest BCUT2D eigenvalue weighted by molar-refractivity contribution is 5.69.